The van der Waals surface area contributed by atoms with Gasteiger partial charge in [0.15, 0.2) is 0 Å². The van der Waals surface area contributed by atoms with Gasteiger partial charge in [0.2, 0.25) is 0 Å². The Kier molecular flexibility index (Phi) is 6.21. The van der Waals surface area contributed by atoms with Crippen molar-refractivity contribution in [3.05, 3.63) is 48.0 Å². The highest BCUT2D eigenvalue weighted by molar-refractivity contribution is 5.82. The van der Waals surface area contributed by atoms with Gasteiger partial charge < -0.3 is 10.1 Å². The molecule has 0 amide bonds. The second kappa shape index (κ2) is 8.16. The van der Waals surface area contributed by atoms with Crippen molar-refractivity contribution in [2.24, 2.45) is 0 Å². The van der Waals surface area contributed by atoms with Gasteiger partial charge in [-0.3, -0.25) is 0 Å². The summed E-state index contributed by atoms with van der Waals surface area (Å²) in [6, 6.07) is 15.7. The molecule has 1 N–H and O–H groups in total. The number of benzene rings is 2. The number of ether oxygens (including phenoxy) is 1. The Morgan fingerprint density at radius 3 is 2.52 bits per heavy atom. The van der Waals surface area contributed by atoms with Crippen LogP contribution in [-0.4, -0.2) is 25.3 Å². The molecule has 2 heteroatoms. The first-order chi connectivity index (χ1) is 10.2. The molecule has 0 saturated heterocycles. The zero-order valence-corrected chi connectivity index (χ0v) is 13.4. The van der Waals surface area contributed by atoms with Crippen LogP contribution in [0.2, 0.25) is 0 Å². The van der Waals surface area contributed by atoms with Crippen molar-refractivity contribution in [3.8, 4) is 0 Å². The van der Waals surface area contributed by atoms with E-state index in [0.717, 1.165) is 26.0 Å². The van der Waals surface area contributed by atoms with E-state index in [0.29, 0.717) is 6.04 Å². The first-order valence-electron chi connectivity index (χ1n) is 8.01. The number of nitrogens with one attached hydrogen (secondary N) is 1. The Morgan fingerprint density at radius 2 is 1.81 bits per heavy atom. The Balaban J connectivity index is 2.05. The summed E-state index contributed by atoms with van der Waals surface area (Å²) in [5.74, 6) is 0. The van der Waals surface area contributed by atoms with Crippen molar-refractivity contribution in [1.82, 2.24) is 5.32 Å². The molecule has 2 aromatic rings. The molecule has 0 fully saturated rings. The normalized spacial score (nSPS) is 13.0. The van der Waals surface area contributed by atoms with Crippen molar-refractivity contribution < 1.29 is 4.74 Å². The summed E-state index contributed by atoms with van der Waals surface area (Å²) in [7, 11) is 0. The summed E-state index contributed by atoms with van der Waals surface area (Å²) in [6.07, 6.45) is 2.44. The van der Waals surface area contributed by atoms with Crippen LogP contribution < -0.4 is 5.32 Å². The molecule has 21 heavy (non-hydrogen) atoms. The van der Waals surface area contributed by atoms with E-state index >= 15 is 0 Å². The van der Waals surface area contributed by atoms with Crippen LogP contribution in [0, 0.1) is 0 Å². The number of hydrogen-bond acceptors (Lipinski definition) is 2. The minimum atomic E-state index is 0.285. The molecule has 0 bridgehead atoms. The third-order valence-corrected chi connectivity index (χ3v) is 3.61. The summed E-state index contributed by atoms with van der Waals surface area (Å²) in [6.45, 7) is 8.19. The molecule has 0 heterocycles. The van der Waals surface area contributed by atoms with Gasteiger partial charge in [-0.15, -0.1) is 0 Å². The molecule has 0 aliphatic carbocycles. The van der Waals surface area contributed by atoms with Gasteiger partial charge in [0.1, 0.15) is 0 Å². The fourth-order valence-corrected chi connectivity index (χ4v) is 2.50. The fourth-order valence-electron chi connectivity index (χ4n) is 2.50. The molecular weight excluding hydrogens is 258 g/mol. The standard InChI is InChI=1S/C19H27NO/c1-4-11-20-19(14-21-15(2)3)13-16-9-10-17-7-5-6-8-18(17)12-16/h5-10,12,15,19-20H,4,11,13-14H2,1-3H3. The molecule has 1 atom stereocenters. The second-order valence-electron chi connectivity index (χ2n) is 5.92. The van der Waals surface area contributed by atoms with Gasteiger partial charge in [-0.1, -0.05) is 49.4 Å². The smallest absolute Gasteiger partial charge is 0.0626 e. The minimum Gasteiger partial charge on any atom is -0.377 e. The number of hydrogen-bond donors (Lipinski definition) is 1. The highest BCUT2D eigenvalue weighted by Gasteiger charge is 2.10. The number of fused-ring (bicyclic) bond motifs is 1. The van der Waals surface area contributed by atoms with Crippen molar-refractivity contribution in [1.29, 1.82) is 0 Å². The van der Waals surface area contributed by atoms with Crippen molar-refractivity contribution in [3.63, 3.8) is 0 Å². The lowest BCUT2D eigenvalue weighted by atomic mass is 10.0. The van der Waals surface area contributed by atoms with Crippen molar-refractivity contribution in [2.45, 2.75) is 45.8 Å². The van der Waals surface area contributed by atoms with E-state index in [4.69, 9.17) is 4.74 Å². The van der Waals surface area contributed by atoms with Crippen LogP contribution in [-0.2, 0) is 11.2 Å². The second-order valence-corrected chi connectivity index (χ2v) is 5.92. The average Bonchev–Trinajstić information content (AvgIpc) is 2.49. The van der Waals surface area contributed by atoms with E-state index in [1.165, 1.54) is 16.3 Å². The SMILES string of the molecule is CCCNC(COC(C)C)Cc1ccc2ccccc2c1. The van der Waals surface area contributed by atoms with E-state index in [1.807, 2.05) is 0 Å². The zero-order chi connectivity index (χ0) is 15.1. The Morgan fingerprint density at radius 1 is 1.05 bits per heavy atom. The topological polar surface area (TPSA) is 21.3 Å². The third kappa shape index (κ3) is 5.14. The van der Waals surface area contributed by atoms with Gasteiger partial charge in [0.25, 0.3) is 0 Å². The summed E-state index contributed by atoms with van der Waals surface area (Å²) >= 11 is 0. The zero-order valence-electron chi connectivity index (χ0n) is 13.4. The third-order valence-electron chi connectivity index (χ3n) is 3.61. The molecule has 1 unspecified atom stereocenters. The summed E-state index contributed by atoms with van der Waals surface area (Å²) in [4.78, 5) is 0. The number of rotatable bonds is 8. The minimum absolute atomic E-state index is 0.285. The maximum absolute atomic E-state index is 5.80. The largest absolute Gasteiger partial charge is 0.377 e. The molecule has 2 rings (SSSR count). The highest BCUT2D eigenvalue weighted by Crippen LogP contribution is 2.17. The predicted octanol–water partition coefficient (Wildman–Crippen LogP) is 4.18. The van der Waals surface area contributed by atoms with Crippen molar-refractivity contribution in [2.75, 3.05) is 13.2 Å². The van der Waals surface area contributed by atoms with Gasteiger partial charge in [-0.2, -0.15) is 0 Å². The first-order valence-corrected chi connectivity index (χ1v) is 8.01. The maximum atomic E-state index is 5.80. The molecule has 0 spiro atoms. The van der Waals surface area contributed by atoms with Gasteiger partial charge in [0.05, 0.1) is 12.7 Å². The molecule has 114 valence electrons. The molecule has 0 aliphatic rings. The summed E-state index contributed by atoms with van der Waals surface area (Å²) < 4.78 is 5.80. The molecule has 0 aromatic heterocycles. The maximum Gasteiger partial charge on any atom is 0.0626 e. The van der Waals surface area contributed by atoms with Crippen LogP contribution in [0.1, 0.15) is 32.8 Å². The summed E-state index contributed by atoms with van der Waals surface area (Å²) in [5.41, 5.74) is 1.37. The molecule has 2 aromatic carbocycles. The van der Waals surface area contributed by atoms with E-state index in [-0.39, 0.29) is 6.10 Å². The molecule has 2 nitrogen and oxygen atoms in total. The van der Waals surface area contributed by atoms with Crippen LogP contribution in [0.4, 0.5) is 0 Å². The van der Waals surface area contributed by atoms with Crippen LogP contribution in [0.15, 0.2) is 42.5 Å². The monoisotopic (exact) mass is 285 g/mol. The van der Waals surface area contributed by atoms with E-state index < -0.39 is 0 Å². The van der Waals surface area contributed by atoms with Crippen molar-refractivity contribution >= 4 is 10.8 Å². The van der Waals surface area contributed by atoms with E-state index in [1.54, 1.807) is 0 Å². The lowest BCUT2D eigenvalue weighted by molar-refractivity contribution is 0.0613. The van der Waals surface area contributed by atoms with Crippen LogP contribution in [0.5, 0.6) is 0 Å². The quantitative estimate of drug-likeness (QED) is 0.786. The molecular formula is C19H27NO. The van der Waals surface area contributed by atoms with Gasteiger partial charge in [-0.25, -0.2) is 0 Å². The van der Waals surface area contributed by atoms with Crippen LogP contribution >= 0.6 is 0 Å². The summed E-state index contributed by atoms with van der Waals surface area (Å²) in [5, 5.41) is 6.21. The van der Waals surface area contributed by atoms with Crippen LogP contribution in [0.3, 0.4) is 0 Å². The molecule has 0 aliphatic heterocycles. The van der Waals surface area contributed by atoms with Gasteiger partial charge in [-0.05, 0) is 49.6 Å². The Hall–Kier alpha value is -1.38. The van der Waals surface area contributed by atoms with Gasteiger partial charge in [0, 0.05) is 6.04 Å². The highest BCUT2D eigenvalue weighted by atomic mass is 16.5. The van der Waals surface area contributed by atoms with Gasteiger partial charge >= 0.3 is 0 Å². The van der Waals surface area contributed by atoms with E-state index in [9.17, 15) is 0 Å². The Bertz CT molecular complexity index is 550. The molecule has 0 radical (unpaired) electrons. The lowest BCUT2D eigenvalue weighted by Gasteiger charge is -2.20. The lowest BCUT2D eigenvalue weighted by Crippen LogP contribution is -2.36. The fraction of sp³-hybridized carbons (Fsp3) is 0.474. The average molecular weight is 285 g/mol. The van der Waals surface area contributed by atoms with E-state index in [2.05, 4.69) is 68.6 Å². The van der Waals surface area contributed by atoms with Crippen LogP contribution in [0.25, 0.3) is 10.8 Å². The predicted molar refractivity (Wildman–Crippen MR) is 90.8 cm³/mol. The molecule has 0 saturated carbocycles. The first kappa shape index (κ1) is 16.0. The Labute approximate surface area is 128 Å².